The van der Waals surface area contributed by atoms with E-state index < -0.39 is 34.4 Å². The molecule has 0 unspecified atom stereocenters. The number of rotatable bonds is 4. The molecule has 112 valence electrons. The number of nitro groups is 1. The summed E-state index contributed by atoms with van der Waals surface area (Å²) in [5, 5.41) is 10.8. The van der Waals surface area contributed by atoms with Gasteiger partial charge >= 0.3 is 6.18 Å². The lowest BCUT2D eigenvalue weighted by atomic mass is 9.76. The van der Waals surface area contributed by atoms with Crippen molar-refractivity contribution < 1.29 is 22.5 Å². The average molecular weight is 302 g/mol. The number of aromatic nitrogens is 1. The second-order valence-electron chi connectivity index (χ2n) is 4.48. The standard InChI is InChI=1S/C13H10F4N2O2/c14-10-5-3-9(4-6-10)12(8-19(20)21,13(15,16)17)11-2-1-7-18-11/h1-7,18H,8H2/t12-/m0/s1. The molecular formula is C13H10F4N2O2. The minimum absolute atomic E-state index is 0.363. The first-order chi connectivity index (χ1) is 9.77. The lowest BCUT2D eigenvalue weighted by Gasteiger charge is -2.32. The van der Waals surface area contributed by atoms with Crippen LogP contribution in [0.2, 0.25) is 0 Å². The zero-order valence-corrected chi connectivity index (χ0v) is 10.5. The maximum Gasteiger partial charge on any atom is 0.410 e. The maximum absolute atomic E-state index is 13.7. The van der Waals surface area contributed by atoms with Gasteiger partial charge in [0.15, 0.2) is 5.41 Å². The van der Waals surface area contributed by atoms with Crippen LogP contribution in [0.15, 0.2) is 42.6 Å². The van der Waals surface area contributed by atoms with E-state index in [1.165, 1.54) is 12.3 Å². The summed E-state index contributed by atoms with van der Waals surface area (Å²) in [6.45, 7) is -1.39. The predicted octanol–water partition coefficient (Wildman–Crippen LogP) is 3.28. The highest BCUT2D eigenvalue weighted by Crippen LogP contribution is 2.45. The van der Waals surface area contributed by atoms with Crippen LogP contribution in [0.25, 0.3) is 0 Å². The Kier molecular flexibility index (Phi) is 3.71. The molecule has 0 aliphatic rings. The van der Waals surface area contributed by atoms with Crippen molar-refractivity contribution in [1.82, 2.24) is 4.98 Å². The third-order valence-electron chi connectivity index (χ3n) is 3.24. The molecule has 0 spiro atoms. The molecule has 0 aliphatic carbocycles. The summed E-state index contributed by atoms with van der Waals surface area (Å²) < 4.78 is 54.0. The summed E-state index contributed by atoms with van der Waals surface area (Å²) in [5.74, 6) is -0.720. The Morgan fingerprint density at radius 3 is 2.19 bits per heavy atom. The molecular weight excluding hydrogens is 292 g/mol. The maximum atomic E-state index is 13.7. The van der Waals surface area contributed by atoms with Gasteiger partial charge in [-0.25, -0.2) is 4.39 Å². The highest BCUT2D eigenvalue weighted by Gasteiger charge is 2.61. The molecule has 0 radical (unpaired) electrons. The van der Waals surface area contributed by atoms with Crippen LogP contribution in [-0.4, -0.2) is 22.6 Å². The quantitative estimate of drug-likeness (QED) is 0.535. The van der Waals surface area contributed by atoms with Crippen LogP contribution in [0.1, 0.15) is 11.3 Å². The summed E-state index contributed by atoms with van der Waals surface area (Å²) in [6, 6.07) is 5.96. The van der Waals surface area contributed by atoms with Crippen LogP contribution >= 0.6 is 0 Å². The van der Waals surface area contributed by atoms with E-state index in [1.807, 2.05) is 0 Å². The molecule has 2 aromatic rings. The fourth-order valence-electron chi connectivity index (χ4n) is 2.26. The lowest BCUT2D eigenvalue weighted by molar-refractivity contribution is -0.498. The Hall–Kier alpha value is -2.38. The fraction of sp³-hybridized carbons (Fsp3) is 0.231. The van der Waals surface area contributed by atoms with E-state index >= 15 is 0 Å². The number of hydrogen-bond donors (Lipinski definition) is 1. The number of alkyl halides is 3. The minimum Gasteiger partial charge on any atom is -0.364 e. The van der Waals surface area contributed by atoms with Crippen molar-refractivity contribution in [1.29, 1.82) is 0 Å². The van der Waals surface area contributed by atoms with Crippen LogP contribution in [0.3, 0.4) is 0 Å². The molecule has 0 saturated heterocycles. The number of nitrogens with zero attached hydrogens (tertiary/aromatic N) is 1. The van der Waals surface area contributed by atoms with Gasteiger partial charge in [-0.15, -0.1) is 0 Å². The van der Waals surface area contributed by atoms with Crippen molar-refractivity contribution in [2.75, 3.05) is 6.54 Å². The molecule has 0 bridgehead atoms. The first kappa shape index (κ1) is 15.0. The van der Waals surface area contributed by atoms with Crippen molar-refractivity contribution >= 4 is 0 Å². The summed E-state index contributed by atoms with van der Waals surface area (Å²) in [5.41, 5.74) is -3.61. The molecule has 1 heterocycles. The molecule has 8 heteroatoms. The fourth-order valence-corrected chi connectivity index (χ4v) is 2.26. The summed E-state index contributed by atoms with van der Waals surface area (Å²) in [7, 11) is 0. The van der Waals surface area contributed by atoms with Gasteiger partial charge in [0.05, 0.1) is 0 Å². The third-order valence-corrected chi connectivity index (χ3v) is 3.24. The van der Waals surface area contributed by atoms with Crippen LogP contribution < -0.4 is 0 Å². The summed E-state index contributed by atoms with van der Waals surface area (Å²) in [4.78, 5) is 12.2. The van der Waals surface area contributed by atoms with Crippen molar-refractivity contribution in [2.24, 2.45) is 0 Å². The summed E-state index contributed by atoms with van der Waals surface area (Å²) >= 11 is 0. The summed E-state index contributed by atoms with van der Waals surface area (Å²) in [6.07, 6.45) is -3.68. The van der Waals surface area contributed by atoms with Crippen LogP contribution in [0, 0.1) is 15.9 Å². The normalized spacial score (nSPS) is 14.7. The molecule has 1 atom stereocenters. The number of halogens is 4. The first-order valence-corrected chi connectivity index (χ1v) is 5.86. The monoisotopic (exact) mass is 302 g/mol. The molecule has 0 fully saturated rings. The third kappa shape index (κ3) is 2.61. The van der Waals surface area contributed by atoms with Gasteiger partial charge in [-0.3, -0.25) is 10.1 Å². The number of aromatic amines is 1. The van der Waals surface area contributed by atoms with E-state index in [-0.39, 0.29) is 5.69 Å². The van der Waals surface area contributed by atoms with Crippen molar-refractivity contribution in [3.63, 3.8) is 0 Å². The topological polar surface area (TPSA) is 58.9 Å². The Balaban J connectivity index is 2.72. The van der Waals surface area contributed by atoms with Gasteiger partial charge in [0.2, 0.25) is 6.54 Å². The molecule has 2 rings (SSSR count). The van der Waals surface area contributed by atoms with Crippen LogP contribution in [-0.2, 0) is 5.41 Å². The molecule has 1 N–H and O–H groups in total. The van der Waals surface area contributed by atoms with Gasteiger partial charge in [0.25, 0.3) is 0 Å². The Labute approximate surface area is 116 Å². The van der Waals surface area contributed by atoms with E-state index in [4.69, 9.17) is 0 Å². The van der Waals surface area contributed by atoms with Crippen molar-refractivity contribution in [2.45, 2.75) is 11.6 Å². The van der Waals surface area contributed by atoms with E-state index in [0.29, 0.717) is 0 Å². The smallest absolute Gasteiger partial charge is 0.364 e. The highest BCUT2D eigenvalue weighted by molar-refractivity contribution is 5.39. The predicted molar refractivity (Wildman–Crippen MR) is 65.9 cm³/mol. The number of H-pyrrole nitrogens is 1. The Bertz CT molecular complexity index is 623. The highest BCUT2D eigenvalue weighted by atomic mass is 19.4. The minimum atomic E-state index is -4.93. The Morgan fingerprint density at radius 1 is 1.14 bits per heavy atom. The van der Waals surface area contributed by atoms with Gasteiger partial charge in [0.1, 0.15) is 5.82 Å². The molecule has 0 amide bonds. The van der Waals surface area contributed by atoms with Crippen LogP contribution in [0.4, 0.5) is 17.6 Å². The van der Waals surface area contributed by atoms with Gasteiger partial charge < -0.3 is 4.98 Å². The molecule has 1 aromatic carbocycles. The van der Waals surface area contributed by atoms with Gasteiger partial charge in [-0.05, 0) is 29.8 Å². The van der Waals surface area contributed by atoms with Gasteiger partial charge in [-0.2, -0.15) is 13.2 Å². The zero-order chi connectivity index (χ0) is 15.7. The average Bonchev–Trinajstić information content (AvgIpc) is 2.89. The Morgan fingerprint density at radius 2 is 1.76 bits per heavy atom. The van der Waals surface area contributed by atoms with E-state index in [9.17, 15) is 27.7 Å². The molecule has 0 saturated carbocycles. The largest absolute Gasteiger partial charge is 0.410 e. The van der Waals surface area contributed by atoms with Crippen LogP contribution in [0.5, 0.6) is 0 Å². The molecule has 1 aromatic heterocycles. The number of benzene rings is 1. The SMILES string of the molecule is O=[N+]([O-])C[C@](c1ccc(F)cc1)(c1ccc[nH]1)C(F)(F)F. The van der Waals surface area contributed by atoms with E-state index in [2.05, 4.69) is 4.98 Å². The lowest BCUT2D eigenvalue weighted by Crippen LogP contribution is -2.49. The van der Waals surface area contributed by atoms with Crippen molar-refractivity contribution in [3.8, 4) is 0 Å². The van der Waals surface area contributed by atoms with Crippen molar-refractivity contribution in [3.05, 3.63) is 69.8 Å². The second-order valence-corrected chi connectivity index (χ2v) is 4.48. The number of hydrogen-bond acceptors (Lipinski definition) is 2. The molecule has 4 nitrogen and oxygen atoms in total. The van der Waals surface area contributed by atoms with E-state index in [1.54, 1.807) is 0 Å². The first-order valence-electron chi connectivity index (χ1n) is 5.86. The van der Waals surface area contributed by atoms with E-state index in [0.717, 1.165) is 30.3 Å². The van der Waals surface area contributed by atoms with Gasteiger partial charge in [-0.1, -0.05) is 12.1 Å². The van der Waals surface area contributed by atoms with Gasteiger partial charge in [0, 0.05) is 16.8 Å². The zero-order valence-electron chi connectivity index (χ0n) is 10.5. The molecule has 0 aliphatic heterocycles. The molecule has 21 heavy (non-hydrogen) atoms. The number of nitrogens with one attached hydrogen (secondary N) is 1. The second kappa shape index (κ2) is 5.19.